The van der Waals surface area contributed by atoms with Gasteiger partial charge in [0.2, 0.25) is 0 Å². The molecule has 5 heteroatoms. The Balaban J connectivity index is 1.76. The number of thiophene rings is 1. The average Bonchev–Trinajstić information content (AvgIpc) is 3.19. The van der Waals surface area contributed by atoms with E-state index < -0.39 is 0 Å². The van der Waals surface area contributed by atoms with Gasteiger partial charge in [-0.25, -0.2) is 0 Å². The maximum atomic E-state index is 12.5. The van der Waals surface area contributed by atoms with Crippen LogP contribution in [0.15, 0.2) is 40.2 Å². The van der Waals surface area contributed by atoms with Gasteiger partial charge in [0.05, 0.1) is 10.6 Å². The van der Waals surface area contributed by atoms with Crippen LogP contribution in [0.1, 0.15) is 40.9 Å². The number of amides is 1. The zero-order valence-electron chi connectivity index (χ0n) is 12.1. The average molecular weight is 399 g/mol. The largest absolute Gasteiger partial charge is 0.351 e. The van der Waals surface area contributed by atoms with Crippen molar-refractivity contribution >= 4 is 44.8 Å². The van der Waals surface area contributed by atoms with E-state index in [1.54, 1.807) is 23.5 Å². The maximum Gasteiger partial charge on any atom is 0.252 e. The van der Waals surface area contributed by atoms with Gasteiger partial charge in [0, 0.05) is 21.3 Å². The van der Waals surface area contributed by atoms with Crippen LogP contribution in [0.4, 0.5) is 0 Å². The molecule has 1 aromatic heterocycles. The lowest BCUT2D eigenvalue weighted by molar-refractivity contribution is 0.0943. The SMILES string of the molecule is O=C(NCC1(c2cccs2)CCCC1)c1cc(Br)ccc1Cl. The van der Waals surface area contributed by atoms with Crippen LogP contribution in [0.2, 0.25) is 5.02 Å². The van der Waals surface area contributed by atoms with E-state index >= 15 is 0 Å². The Hall–Kier alpha value is -0.840. The van der Waals surface area contributed by atoms with Gasteiger partial charge >= 0.3 is 0 Å². The van der Waals surface area contributed by atoms with Gasteiger partial charge in [0.1, 0.15) is 0 Å². The van der Waals surface area contributed by atoms with Gasteiger partial charge in [-0.2, -0.15) is 0 Å². The van der Waals surface area contributed by atoms with Gasteiger partial charge < -0.3 is 5.32 Å². The molecule has 116 valence electrons. The minimum atomic E-state index is -0.103. The third-order valence-electron chi connectivity index (χ3n) is 4.36. The molecule has 1 heterocycles. The number of carbonyl (C=O) groups excluding carboxylic acids is 1. The van der Waals surface area contributed by atoms with E-state index in [9.17, 15) is 4.79 Å². The summed E-state index contributed by atoms with van der Waals surface area (Å²) in [5.74, 6) is -0.103. The Morgan fingerprint density at radius 2 is 2.09 bits per heavy atom. The highest BCUT2D eigenvalue weighted by molar-refractivity contribution is 9.10. The molecule has 1 amide bonds. The summed E-state index contributed by atoms with van der Waals surface area (Å²) < 4.78 is 0.857. The Morgan fingerprint density at radius 1 is 1.32 bits per heavy atom. The van der Waals surface area contributed by atoms with Crippen LogP contribution < -0.4 is 5.32 Å². The van der Waals surface area contributed by atoms with E-state index in [-0.39, 0.29) is 11.3 Å². The van der Waals surface area contributed by atoms with Gasteiger partial charge in [-0.1, -0.05) is 46.4 Å². The molecular formula is C17H17BrClNOS. The highest BCUT2D eigenvalue weighted by Crippen LogP contribution is 2.42. The number of rotatable bonds is 4. The molecule has 3 rings (SSSR count). The summed E-state index contributed by atoms with van der Waals surface area (Å²) in [6, 6.07) is 9.62. The summed E-state index contributed by atoms with van der Waals surface area (Å²) in [7, 11) is 0. The number of halogens is 2. The molecule has 0 spiro atoms. The fourth-order valence-corrected chi connectivity index (χ4v) is 4.71. The van der Waals surface area contributed by atoms with Gasteiger partial charge in [-0.05, 0) is 42.5 Å². The zero-order chi connectivity index (χ0) is 15.6. The zero-order valence-corrected chi connectivity index (χ0v) is 15.2. The van der Waals surface area contributed by atoms with Crippen LogP contribution in [-0.2, 0) is 5.41 Å². The van der Waals surface area contributed by atoms with Gasteiger partial charge in [-0.3, -0.25) is 4.79 Å². The van der Waals surface area contributed by atoms with Gasteiger partial charge in [0.25, 0.3) is 5.91 Å². The molecule has 1 N–H and O–H groups in total. The fourth-order valence-electron chi connectivity index (χ4n) is 3.16. The number of nitrogens with one attached hydrogen (secondary N) is 1. The van der Waals surface area contributed by atoms with Crippen molar-refractivity contribution in [2.45, 2.75) is 31.1 Å². The summed E-state index contributed by atoms with van der Waals surface area (Å²) in [5, 5.41) is 5.70. The van der Waals surface area contributed by atoms with Crippen LogP contribution in [0, 0.1) is 0 Å². The molecule has 0 radical (unpaired) electrons. The Morgan fingerprint density at radius 3 is 2.77 bits per heavy atom. The fraction of sp³-hybridized carbons (Fsp3) is 0.353. The standard InChI is InChI=1S/C17H17BrClNOS/c18-12-5-6-14(19)13(10-12)16(21)20-11-17(7-1-2-8-17)15-4-3-9-22-15/h3-6,9-10H,1-2,7-8,11H2,(H,20,21). The summed E-state index contributed by atoms with van der Waals surface area (Å²) in [4.78, 5) is 13.9. The Labute approximate surface area is 148 Å². The maximum absolute atomic E-state index is 12.5. The summed E-state index contributed by atoms with van der Waals surface area (Å²) in [5.41, 5.74) is 0.623. The number of benzene rings is 1. The van der Waals surface area contributed by atoms with E-state index in [1.165, 1.54) is 17.7 Å². The van der Waals surface area contributed by atoms with Crippen LogP contribution >= 0.6 is 38.9 Å². The molecule has 0 atom stereocenters. The van der Waals surface area contributed by atoms with Crippen LogP contribution in [-0.4, -0.2) is 12.5 Å². The van der Waals surface area contributed by atoms with Crippen molar-refractivity contribution in [2.75, 3.05) is 6.54 Å². The van der Waals surface area contributed by atoms with Crippen LogP contribution in [0.5, 0.6) is 0 Å². The minimum absolute atomic E-state index is 0.0995. The summed E-state index contributed by atoms with van der Waals surface area (Å²) in [6.45, 7) is 0.676. The minimum Gasteiger partial charge on any atom is -0.351 e. The first-order chi connectivity index (χ1) is 10.6. The topological polar surface area (TPSA) is 29.1 Å². The van der Waals surface area contributed by atoms with E-state index in [2.05, 4.69) is 38.8 Å². The number of carbonyl (C=O) groups is 1. The number of hydrogen-bond acceptors (Lipinski definition) is 2. The van der Waals surface area contributed by atoms with Crippen LogP contribution in [0.3, 0.4) is 0 Å². The molecule has 1 aliphatic rings. The van der Waals surface area contributed by atoms with Crippen molar-refractivity contribution < 1.29 is 4.79 Å². The van der Waals surface area contributed by atoms with Crippen LogP contribution in [0.25, 0.3) is 0 Å². The first-order valence-corrected chi connectivity index (χ1v) is 9.43. The predicted molar refractivity (Wildman–Crippen MR) is 96.0 cm³/mol. The molecule has 0 bridgehead atoms. The Kier molecular flexibility index (Phi) is 4.91. The van der Waals surface area contributed by atoms with Crippen molar-refractivity contribution in [1.29, 1.82) is 0 Å². The summed E-state index contributed by atoms with van der Waals surface area (Å²) in [6.07, 6.45) is 4.73. The lowest BCUT2D eigenvalue weighted by atomic mass is 9.84. The molecule has 1 aromatic carbocycles. The van der Waals surface area contributed by atoms with Gasteiger partial charge in [0.15, 0.2) is 0 Å². The van der Waals surface area contributed by atoms with Gasteiger partial charge in [-0.15, -0.1) is 11.3 Å². The third kappa shape index (κ3) is 3.24. The molecule has 1 fully saturated rings. The highest BCUT2D eigenvalue weighted by Gasteiger charge is 2.36. The monoisotopic (exact) mass is 397 g/mol. The first-order valence-electron chi connectivity index (χ1n) is 7.38. The van der Waals surface area contributed by atoms with Crippen molar-refractivity contribution in [2.24, 2.45) is 0 Å². The van der Waals surface area contributed by atoms with Crippen molar-refractivity contribution in [1.82, 2.24) is 5.32 Å². The molecule has 1 aliphatic carbocycles. The molecule has 2 aromatic rings. The molecule has 2 nitrogen and oxygen atoms in total. The van der Waals surface area contributed by atoms with E-state index in [1.807, 2.05) is 6.07 Å². The van der Waals surface area contributed by atoms with Crippen molar-refractivity contribution in [3.8, 4) is 0 Å². The van der Waals surface area contributed by atoms with Crippen molar-refractivity contribution in [3.05, 3.63) is 55.6 Å². The Bertz CT molecular complexity index is 665. The smallest absolute Gasteiger partial charge is 0.252 e. The molecule has 22 heavy (non-hydrogen) atoms. The third-order valence-corrected chi connectivity index (χ3v) is 6.30. The summed E-state index contributed by atoms with van der Waals surface area (Å²) >= 11 is 11.3. The normalized spacial score (nSPS) is 16.6. The quantitative estimate of drug-likeness (QED) is 0.733. The highest BCUT2D eigenvalue weighted by atomic mass is 79.9. The number of hydrogen-bond donors (Lipinski definition) is 1. The second-order valence-electron chi connectivity index (χ2n) is 5.77. The molecule has 0 saturated heterocycles. The second-order valence-corrected chi connectivity index (χ2v) is 8.04. The molecule has 1 saturated carbocycles. The van der Waals surface area contributed by atoms with E-state index in [4.69, 9.17) is 11.6 Å². The second kappa shape index (κ2) is 6.73. The first kappa shape index (κ1) is 16.0. The molecular weight excluding hydrogens is 382 g/mol. The van der Waals surface area contributed by atoms with E-state index in [0.29, 0.717) is 17.1 Å². The lowest BCUT2D eigenvalue weighted by Crippen LogP contribution is -2.38. The van der Waals surface area contributed by atoms with Crippen molar-refractivity contribution in [3.63, 3.8) is 0 Å². The van der Waals surface area contributed by atoms with E-state index in [0.717, 1.165) is 17.3 Å². The molecule has 0 aliphatic heterocycles. The lowest BCUT2D eigenvalue weighted by Gasteiger charge is -2.28. The predicted octanol–water partition coefficient (Wildman–Crippen LogP) is 5.41. The molecule has 0 unspecified atom stereocenters.